The average molecular weight is 350 g/mol. The molecule has 2 aromatic carbocycles. The van der Waals surface area contributed by atoms with Crippen molar-refractivity contribution in [3.63, 3.8) is 0 Å². The van der Waals surface area contributed by atoms with Gasteiger partial charge in [0.15, 0.2) is 0 Å². The zero-order valence-corrected chi connectivity index (χ0v) is 13.7. The van der Waals surface area contributed by atoms with Crippen LogP contribution in [0.4, 0.5) is 0 Å². The van der Waals surface area contributed by atoms with Gasteiger partial charge in [-0.15, -0.1) is 0 Å². The molecule has 0 heterocycles. The van der Waals surface area contributed by atoms with Crippen LogP contribution < -0.4 is 14.8 Å². The summed E-state index contributed by atoms with van der Waals surface area (Å²) in [6, 6.07) is 16.0. The van der Waals surface area contributed by atoms with Crippen molar-refractivity contribution in [3.05, 3.63) is 58.6 Å². The van der Waals surface area contributed by atoms with E-state index in [1.807, 2.05) is 43.3 Å². The summed E-state index contributed by atoms with van der Waals surface area (Å²) in [4.78, 5) is 0. The molecule has 0 radical (unpaired) electrons. The van der Waals surface area contributed by atoms with Crippen LogP contribution in [-0.4, -0.2) is 19.8 Å². The minimum Gasteiger partial charge on any atom is -0.494 e. The smallest absolute Gasteiger partial charge is 0.119 e. The molecule has 4 heteroatoms. The third-order valence-corrected chi connectivity index (χ3v) is 3.43. The van der Waals surface area contributed by atoms with Gasteiger partial charge in [-0.1, -0.05) is 28.1 Å². The molecule has 0 bridgehead atoms. The van der Waals surface area contributed by atoms with E-state index in [4.69, 9.17) is 9.47 Å². The number of hydrogen-bond acceptors (Lipinski definition) is 3. The van der Waals surface area contributed by atoms with Crippen LogP contribution in [0.3, 0.4) is 0 Å². The normalized spacial score (nSPS) is 10.4. The van der Waals surface area contributed by atoms with Crippen molar-refractivity contribution >= 4 is 15.9 Å². The molecule has 0 aliphatic carbocycles. The Bertz CT molecular complexity index is 543. The van der Waals surface area contributed by atoms with Gasteiger partial charge >= 0.3 is 0 Å². The summed E-state index contributed by atoms with van der Waals surface area (Å²) in [5, 5.41) is 3.36. The number of hydrogen-bond donors (Lipinski definition) is 1. The lowest BCUT2D eigenvalue weighted by molar-refractivity contribution is 0.313. The van der Waals surface area contributed by atoms with Crippen molar-refractivity contribution in [2.45, 2.75) is 13.5 Å². The molecule has 0 atom stereocenters. The average Bonchev–Trinajstić information content (AvgIpc) is 2.50. The first-order chi connectivity index (χ1) is 10.3. The van der Waals surface area contributed by atoms with Gasteiger partial charge in [-0.2, -0.15) is 0 Å². The molecular formula is C17H20BrNO2. The van der Waals surface area contributed by atoms with Crippen LogP contribution in [0.1, 0.15) is 12.5 Å². The van der Waals surface area contributed by atoms with Gasteiger partial charge in [0, 0.05) is 17.6 Å². The Morgan fingerprint density at radius 1 is 1.00 bits per heavy atom. The Kier molecular flexibility index (Phi) is 6.57. The summed E-state index contributed by atoms with van der Waals surface area (Å²) in [6.45, 7) is 4.94. The first-order valence-corrected chi connectivity index (χ1v) is 7.88. The molecule has 0 aliphatic heterocycles. The predicted octanol–water partition coefficient (Wildman–Crippen LogP) is 4.02. The Morgan fingerprint density at radius 3 is 2.57 bits per heavy atom. The number of benzene rings is 2. The Balaban J connectivity index is 1.67. The third kappa shape index (κ3) is 5.78. The van der Waals surface area contributed by atoms with Crippen molar-refractivity contribution in [2.24, 2.45) is 0 Å². The third-order valence-electron chi connectivity index (χ3n) is 2.90. The molecule has 2 rings (SSSR count). The van der Waals surface area contributed by atoms with E-state index in [1.165, 1.54) is 5.56 Å². The molecule has 3 nitrogen and oxygen atoms in total. The first-order valence-electron chi connectivity index (χ1n) is 7.09. The molecule has 0 saturated carbocycles. The summed E-state index contributed by atoms with van der Waals surface area (Å²) in [5.41, 5.74) is 1.21. The van der Waals surface area contributed by atoms with E-state index in [0.29, 0.717) is 13.2 Å². The number of ether oxygens (including phenoxy) is 2. The van der Waals surface area contributed by atoms with E-state index < -0.39 is 0 Å². The van der Waals surface area contributed by atoms with E-state index in [9.17, 15) is 0 Å². The van der Waals surface area contributed by atoms with Gasteiger partial charge in [-0.3, -0.25) is 0 Å². The predicted molar refractivity (Wildman–Crippen MR) is 89.0 cm³/mol. The fourth-order valence-corrected chi connectivity index (χ4v) is 2.18. The van der Waals surface area contributed by atoms with Gasteiger partial charge in [0.1, 0.15) is 18.1 Å². The standard InChI is InChI=1S/C17H20BrNO2/c1-2-20-17-5-3-4-14(12-17)13-19-10-11-21-16-8-6-15(18)7-9-16/h3-9,12,19H,2,10-11,13H2,1H3. The van der Waals surface area contributed by atoms with Crippen LogP contribution in [-0.2, 0) is 6.54 Å². The second-order valence-electron chi connectivity index (χ2n) is 4.56. The summed E-state index contributed by atoms with van der Waals surface area (Å²) in [5.74, 6) is 1.81. The van der Waals surface area contributed by atoms with Crippen molar-refractivity contribution in [1.29, 1.82) is 0 Å². The van der Waals surface area contributed by atoms with Crippen LogP contribution in [0.15, 0.2) is 53.0 Å². The zero-order chi connectivity index (χ0) is 14.9. The minimum absolute atomic E-state index is 0.646. The van der Waals surface area contributed by atoms with Gasteiger partial charge in [0.25, 0.3) is 0 Å². The van der Waals surface area contributed by atoms with Crippen molar-refractivity contribution in [2.75, 3.05) is 19.8 Å². The SMILES string of the molecule is CCOc1cccc(CNCCOc2ccc(Br)cc2)c1. The van der Waals surface area contributed by atoms with E-state index in [-0.39, 0.29) is 0 Å². The first kappa shape index (κ1) is 15.9. The van der Waals surface area contributed by atoms with E-state index in [0.717, 1.165) is 29.1 Å². The highest BCUT2D eigenvalue weighted by atomic mass is 79.9. The quantitative estimate of drug-likeness (QED) is 0.730. The molecule has 1 N–H and O–H groups in total. The van der Waals surface area contributed by atoms with Crippen LogP contribution in [0.2, 0.25) is 0 Å². The Hall–Kier alpha value is -1.52. The summed E-state index contributed by atoms with van der Waals surface area (Å²) in [6.07, 6.45) is 0. The highest BCUT2D eigenvalue weighted by Crippen LogP contribution is 2.16. The topological polar surface area (TPSA) is 30.5 Å². The minimum atomic E-state index is 0.646. The van der Waals surface area contributed by atoms with Gasteiger partial charge in [0.2, 0.25) is 0 Å². The molecule has 0 aromatic heterocycles. The highest BCUT2D eigenvalue weighted by Gasteiger charge is 1.97. The lowest BCUT2D eigenvalue weighted by Gasteiger charge is -2.09. The van der Waals surface area contributed by atoms with Gasteiger partial charge in [0.05, 0.1) is 6.61 Å². The van der Waals surface area contributed by atoms with E-state index >= 15 is 0 Å². The maximum absolute atomic E-state index is 5.65. The van der Waals surface area contributed by atoms with Crippen LogP contribution in [0.25, 0.3) is 0 Å². The summed E-state index contributed by atoms with van der Waals surface area (Å²) in [7, 11) is 0. The van der Waals surface area contributed by atoms with Crippen LogP contribution >= 0.6 is 15.9 Å². The summed E-state index contributed by atoms with van der Waals surface area (Å²) < 4.78 is 12.2. The number of rotatable bonds is 8. The molecule has 0 unspecified atom stereocenters. The lowest BCUT2D eigenvalue weighted by Crippen LogP contribution is -2.20. The van der Waals surface area contributed by atoms with Crippen molar-refractivity contribution in [3.8, 4) is 11.5 Å². The van der Waals surface area contributed by atoms with E-state index in [1.54, 1.807) is 0 Å². The molecule has 0 fully saturated rings. The second kappa shape index (κ2) is 8.70. The molecule has 0 amide bonds. The van der Waals surface area contributed by atoms with Crippen LogP contribution in [0.5, 0.6) is 11.5 Å². The zero-order valence-electron chi connectivity index (χ0n) is 12.1. The molecular weight excluding hydrogens is 330 g/mol. The van der Waals surface area contributed by atoms with Crippen molar-refractivity contribution in [1.82, 2.24) is 5.32 Å². The van der Waals surface area contributed by atoms with Gasteiger partial charge in [-0.25, -0.2) is 0 Å². The second-order valence-corrected chi connectivity index (χ2v) is 5.48. The molecule has 112 valence electrons. The monoisotopic (exact) mass is 349 g/mol. The maximum atomic E-state index is 5.65. The fraction of sp³-hybridized carbons (Fsp3) is 0.294. The molecule has 21 heavy (non-hydrogen) atoms. The van der Waals surface area contributed by atoms with Crippen LogP contribution in [0, 0.1) is 0 Å². The lowest BCUT2D eigenvalue weighted by atomic mass is 10.2. The van der Waals surface area contributed by atoms with Gasteiger partial charge < -0.3 is 14.8 Å². The molecule has 2 aromatic rings. The van der Waals surface area contributed by atoms with E-state index in [2.05, 4.69) is 33.4 Å². The highest BCUT2D eigenvalue weighted by molar-refractivity contribution is 9.10. The molecule has 0 aliphatic rings. The Labute approximate surface area is 134 Å². The van der Waals surface area contributed by atoms with Gasteiger partial charge in [-0.05, 0) is 48.9 Å². The summed E-state index contributed by atoms with van der Waals surface area (Å²) >= 11 is 3.40. The molecule has 0 spiro atoms. The van der Waals surface area contributed by atoms with Crippen molar-refractivity contribution < 1.29 is 9.47 Å². The number of halogens is 1. The number of nitrogens with one attached hydrogen (secondary N) is 1. The maximum Gasteiger partial charge on any atom is 0.119 e. The Morgan fingerprint density at radius 2 is 1.81 bits per heavy atom. The molecule has 0 saturated heterocycles. The largest absolute Gasteiger partial charge is 0.494 e. The fourth-order valence-electron chi connectivity index (χ4n) is 1.92.